The van der Waals surface area contributed by atoms with Crippen LogP contribution in [0.5, 0.6) is 5.75 Å². The molecule has 0 saturated carbocycles. The molecule has 0 fully saturated rings. The Labute approximate surface area is 175 Å². The molecule has 152 valence electrons. The maximum Gasteiger partial charge on any atom is 0.246 e. The van der Waals surface area contributed by atoms with Gasteiger partial charge in [0.25, 0.3) is 0 Å². The third-order valence-corrected chi connectivity index (χ3v) is 6.75. The summed E-state index contributed by atoms with van der Waals surface area (Å²) in [4.78, 5) is 12.2. The Morgan fingerprint density at radius 2 is 1.96 bits per heavy atom. The quantitative estimate of drug-likeness (QED) is 0.638. The molecule has 0 bridgehead atoms. The van der Waals surface area contributed by atoms with Crippen LogP contribution in [0.2, 0.25) is 5.02 Å². The molecule has 6 nitrogen and oxygen atoms in total. The van der Waals surface area contributed by atoms with Crippen LogP contribution in [0.4, 0.5) is 5.69 Å². The maximum atomic E-state index is 12.5. The molecule has 0 aliphatic rings. The van der Waals surface area contributed by atoms with Crippen LogP contribution in [0, 0.1) is 0 Å². The molecule has 1 amide bonds. The van der Waals surface area contributed by atoms with Gasteiger partial charge in [0.05, 0.1) is 12.4 Å². The molecule has 0 radical (unpaired) electrons. The molecule has 0 unspecified atom stereocenters. The summed E-state index contributed by atoms with van der Waals surface area (Å²) in [7, 11) is -0.811. The minimum absolute atomic E-state index is 0.0173. The van der Waals surface area contributed by atoms with Crippen molar-refractivity contribution >= 4 is 45.0 Å². The predicted molar refractivity (Wildman–Crippen MR) is 115 cm³/mol. The maximum absolute atomic E-state index is 12.5. The highest BCUT2D eigenvalue weighted by Crippen LogP contribution is 2.29. The fourth-order valence-electron chi connectivity index (χ4n) is 2.34. The van der Waals surface area contributed by atoms with Crippen molar-refractivity contribution in [2.24, 2.45) is 0 Å². The lowest BCUT2D eigenvalue weighted by atomic mass is 10.2. The van der Waals surface area contributed by atoms with E-state index < -0.39 is 10.0 Å². The van der Waals surface area contributed by atoms with Gasteiger partial charge in [0.15, 0.2) is 0 Å². The standard InChI is InChI=1S/C19H23ClN2O4S2/c1-4-26-17-9-8-16(11-18(17)28(24,25)22(2)3)21-19(23)13-27-12-14-6-5-7-15(20)10-14/h5-11H,4,12-13H2,1-3H3,(H,21,23). The number of amides is 1. The highest BCUT2D eigenvalue weighted by molar-refractivity contribution is 7.99. The van der Waals surface area contributed by atoms with Crippen LogP contribution in [-0.2, 0) is 20.6 Å². The van der Waals surface area contributed by atoms with Crippen LogP contribution >= 0.6 is 23.4 Å². The molecule has 0 spiro atoms. The van der Waals surface area contributed by atoms with E-state index in [0.717, 1.165) is 9.87 Å². The Morgan fingerprint density at radius 3 is 2.61 bits per heavy atom. The van der Waals surface area contributed by atoms with Crippen molar-refractivity contribution in [3.05, 3.63) is 53.1 Å². The Balaban J connectivity index is 2.05. The molecule has 0 heterocycles. The smallest absolute Gasteiger partial charge is 0.246 e. The molecule has 1 N–H and O–H groups in total. The van der Waals surface area contributed by atoms with Crippen molar-refractivity contribution in [1.82, 2.24) is 4.31 Å². The monoisotopic (exact) mass is 442 g/mol. The summed E-state index contributed by atoms with van der Waals surface area (Å²) in [5.41, 5.74) is 1.43. The van der Waals surface area contributed by atoms with Gasteiger partial charge in [-0.25, -0.2) is 12.7 Å². The van der Waals surface area contributed by atoms with Gasteiger partial charge in [0.1, 0.15) is 10.6 Å². The highest BCUT2D eigenvalue weighted by Gasteiger charge is 2.23. The second kappa shape index (κ2) is 10.2. The lowest BCUT2D eigenvalue weighted by Gasteiger charge is -2.16. The van der Waals surface area contributed by atoms with Crippen molar-refractivity contribution in [3.63, 3.8) is 0 Å². The largest absolute Gasteiger partial charge is 0.492 e. The Kier molecular flexibility index (Phi) is 8.18. The molecule has 0 aliphatic carbocycles. The van der Waals surface area contributed by atoms with Gasteiger partial charge in [0.2, 0.25) is 15.9 Å². The van der Waals surface area contributed by atoms with E-state index in [2.05, 4.69) is 5.32 Å². The molecule has 9 heteroatoms. The molecule has 2 rings (SSSR count). The van der Waals surface area contributed by atoms with Gasteiger partial charge in [-0.2, -0.15) is 0 Å². The topological polar surface area (TPSA) is 75.7 Å². The fraction of sp³-hybridized carbons (Fsp3) is 0.316. The van der Waals surface area contributed by atoms with Gasteiger partial charge in [-0.1, -0.05) is 23.7 Å². The normalized spacial score (nSPS) is 11.5. The Morgan fingerprint density at radius 1 is 1.21 bits per heavy atom. The number of thioether (sulfide) groups is 1. The molecular formula is C19H23ClN2O4S2. The summed E-state index contributed by atoms with van der Waals surface area (Å²) >= 11 is 7.40. The van der Waals surface area contributed by atoms with E-state index >= 15 is 0 Å². The summed E-state index contributed by atoms with van der Waals surface area (Å²) in [6, 6.07) is 12.1. The van der Waals surface area contributed by atoms with Crippen molar-refractivity contribution in [2.45, 2.75) is 17.6 Å². The molecule has 0 aliphatic heterocycles. The summed E-state index contributed by atoms with van der Waals surface area (Å²) in [5.74, 6) is 0.918. The van der Waals surface area contributed by atoms with E-state index in [9.17, 15) is 13.2 Å². The first-order chi connectivity index (χ1) is 13.2. The van der Waals surface area contributed by atoms with E-state index in [4.69, 9.17) is 16.3 Å². The number of halogens is 1. The van der Waals surface area contributed by atoms with E-state index in [1.807, 2.05) is 18.2 Å². The molecule has 28 heavy (non-hydrogen) atoms. The number of ether oxygens (including phenoxy) is 1. The van der Waals surface area contributed by atoms with Crippen LogP contribution in [0.3, 0.4) is 0 Å². The van der Waals surface area contributed by atoms with Crippen molar-refractivity contribution in [3.8, 4) is 5.75 Å². The lowest BCUT2D eigenvalue weighted by molar-refractivity contribution is -0.113. The van der Waals surface area contributed by atoms with Gasteiger partial charge in [-0.05, 0) is 42.8 Å². The molecular weight excluding hydrogens is 420 g/mol. The summed E-state index contributed by atoms with van der Waals surface area (Å²) < 4.78 is 31.6. The Hall–Kier alpha value is -1.74. The first-order valence-corrected chi connectivity index (χ1v) is 11.5. The number of anilines is 1. The molecule has 2 aromatic carbocycles. The minimum Gasteiger partial charge on any atom is -0.492 e. The minimum atomic E-state index is -3.71. The number of carbonyl (C=O) groups excluding carboxylic acids is 1. The summed E-state index contributed by atoms with van der Waals surface area (Å²) in [6.45, 7) is 2.11. The highest BCUT2D eigenvalue weighted by atomic mass is 35.5. The average molecular weight is 443 g/mol. The van der Waals surface area contributed by atoms with E-state index in [1.54, 1.807) is 25.1 Å². The summed E-state index contributed by atoms with van der Waals surface area (Å²) in [6.07, 6.45) is 0. The van der Waals surface area contributed by atoms with Gasteiger partial charge < -0.3 is 10.1 Å². The number of nitrogens with one attached hydrogen (secondary N) is 1. The predicted octanol–water partition coefficient (Wildman–Crippen LogP) is 3.86. The van der Waals surface area contributed by atoms with Crippen molar-refractivity contribution in [1.29, 1.82) is 0 Å². The molecule has 0 saturated heterocycles. The average Bonchev–Trinajstić information content (AvgIpc) is 2.63. The number of rotatable bonds is 9. The molecule has 2 aromatic rings. The third-order valence-electron chi connectivity index (χ3n) is 3.68. The van der Waals surface area contributed by atoms with E-state index in [1.165, 1.54) is 31.9 Å². The number of nitrogens with zero attached hydrogens (tertiary/aromatic N) is 1. The first kappa shape index (κ1) is 22.5. The van der Waals surface area contributed by atoms with Gasteiger partial charge in [0, 0.05) is 30.6 Å². The number of carbonyl (C=O) groups is 1. The third kappa shape index (κ3) is 6.13. The van der Waals surface area contributed by atoms with Crippen LogP contribution < -0.4 is 10.1 Å². The van der Waals surface area contributed by atoms with Gasteiger partial charge >= 0.3 is 0 Å². The zero-order valence-corrected chi connectivity index (χ0v) is 18.3. The first-order valence-electron chi connectivity index (χ1n) is 8.55. The van der Waals surface area contributed by atoms with E-state index in [-0.39, 0.29) is 22.3 Å². The Bertz CT molecular complexity index is 933. The number of hydrogen-bond donors (Lipinski definition) is 1. The van der Waals surface area contributed by atoms with Crippen LogP contribution in [0.1, 0.15) is 12.5 Å². The van der Waals surface area contributed by atoms with Crippen molar-refractivity contribution < 1.29 is 17.9 Å². The van der Waals surface area contributed by atoms with Crippen LogP contribution in [-0.4, -0.2) is 45.1 Å². The van der Waals surface area contributed by atoms with E-state index in [0.29, 0.717) is 23.1 Å². The molecule has 0 atom stereocenters. The number of sulfonamides is 1. The second-order valence-corrected chi connectivity index (χ2v) is 9.60. The number of hydrogen-bond acceptors (Lipinski definition) is 5. The zero-order valence-electron chi connectivity index (χ0n) is 15.9. The zero-order chi connectivity index (χ0) is 20.7. The summed E-state index contributed by atoms with van der Waals surface area (Å²) in [5, 5.41) is 3.39. The fourth-order valence-corrected chi connectivity index (χ4v) is 4.38. The van der Waals surface area contributed by atoms with Crippen molar-refractivity contribution in [2.75, 3.05) is 31.8 Å². The van der Waals surface area contributed by atoms with Gasteiger partial charge in [-0.15, -0.1) is 11.8 Å². The SMILES string of the molecule is CCOc1ccc(NC(=O)CSCc2cccc(Cl)c2)cc1S(=O)(=O)N(C)C. The second-order valence-electron chi connectivity index (χ2n) is 6.05. The van der Waals surface area contributed by atoms with Crippen LogP contribution in [0.15, 0.2) is 47.4 Å². The molecule has 0 aromatic heterocycles. The number of benzene rings is 2. The lowest BCUT2D eigenvalue weighted by Crippen LogP contribution is -2.23. The van der Waals surface area contributed by atoms with Crippen LogP contribution in [0.25, 0.3) is 0 Å². The van der Waals surface area contributed by atoms with Gasteiger partial charge in [-0.3, -0.25) is 4.79 Å².